The molecule has 0 saturated heterocycles. The molecule has 0 amide bonds. The van der Waals surface area contributed by atoms with E-state index >= 15 is 0 Å². The molecule has 0 bridgehead atoms. The Balaban J connectivity index is 1.88. The molecule has 0 atom stereocenters. The number of halogens is 4. The standard InChI is InChI=1S/C23H22ClF3N4O3/c1-4-34-18-10-7-14(12-28-18)19-29-20(31-21(33)30-19)15-11-13(5-8-16(15)24)6-9-17(32)22(2,3)23(25,26)27/h5,7-8,10-12H,4,6,9H2,1-3H3,(H,29,30,31,33). The number of ketones is 1. The third kappa shape index (κ3) is 5.61. The number of H-pyrrole nitrogens is 1. The number of aromatic nitrogens is 4. The van der Waals surface area contributed by atoms with Crippen LogP contribution in [0.25, 0.3) is 22.8 Å². The SMILES string of the molecule is CCOc1ccc(-c2nc(-c3cc(CCC(=O)C(C)(C)C(F)(F)F)ccc3Cl)[nH]c(=O)n2)cn1. The summed E-state index contributed by atoms with van der Waals surface area (Å²) in [6, 6.07) is 7.99. The van der Waals surface area contributed by atoms with Crippen LogP contribution >= 0.6 is 11.6 Å². The molecule has 0 unspecified atom stereocenters. The highest BCUT2D eigenvalue weighted by atomic mass is 35.5. The molecule has 0 aliphatic heterocycles. The van der Waals surface area contributed by atoms with Gasteiger partial charge in [0.2, 0.25) is 5.88 Å². The quantitative estimate of drug-likeness (QED) is 0.471. The number of carbonyl (C=O) groups excluding carboxylic acids is 1. The minimum absolute atomic E-state index is 0.0630. The van der Waals surface area contributed by atoms with E-state index in [1.807, 2.05) is 6.92 Å². The molecule has 1 N–H and O–H groups in total. The van der Waals surface area contributed by atoms with Gasteiger partial charge in [-0.2, -0.15) is 18.2 Å². The van der Waals surface area contributed by atoms with Gasteiger partial charge in [-0.1, -0.05) is 17.7 Å². The van der Waals surface area contributed by atoms with Crippen molar-refractivity contribution in [1.82, 2.24) is 19.9 Å². The van der Waals surface area contributed by atoms with Crippen LogP contribution in [0.15, 0.2) is 41.3 Å². The number of ether oxygens (including phenoxy) is 1. The van der Waals surface area contributed by atoms with Gasteiger partial charge in [-0.05, 0) is 51.0 Å². The number of nitrogens with one attached hydrogen (secondary N) is 1. The van der Waals surface area contributed by atoms with Gasteiger partial charge < -0.3 is 4.74 Å². The second-order valence-electron chi connectivity index (χ2n) is 8.00. The van der Waals surface area contributed by atoms with Gasteiger partial charge in [0, 0.05) is 29.8 Å². The molecule has 34 heavy (non-hydrogen) atoms. The zero-order valence-electron chi connectivity index (χ0n) is 18.7. The van der Waals surface area contributed by atoms with E-state index in [1.54, 1.807) is 24.3 Å². The van der Waals surface area contributed by atoms with Gasteiger partial charge >= 0.3 is 11.9 Å². The van der Waals surface area contributed by atoms with Crippen molar-refractivity contribution >= 4 is 17.4 Å². The summed E-state index contributed by atoms with van der Waals surface area (Å²) in [5, 5.41) is 0.260. The summed E-state index contributed by atoms with van der Waals surface area (Å²) >= 11 is 6.31. The van der Waals surface area contributed by atoms with E-state index < -0.39 is 23.1 Å². The van der Waals surface area contributed by atoms with E-state index in [9.17, 15) is 22.8 Å². The maximum atomic E-state index is 13.1. The number of aromatic amines is 1. The second-order valence-corrected chi connectivity index (χ2v) is 8.41. The van der Waals surface area contributed by atoms with Crippen LogP contribution in [0.3, 0.4) is 0 Å². The molecular formula is C23H22ClF3N4O3. The van der Waals surface area contributed by atoms with Crippen LogP contribution in [0.5, 0.6) is 5.88 Å². The monoisotopic (exact) mass is 494 g/mol. The molecule has 3 aromatic rings. The van der Waals surface area contributed by atoms with Gasteiger partial charge in [-0.3, -0.25) is 9.78 Å². The average molecular weight is 495 g/mol. The Morgan fingerprint density at radius 2 is 1.88 bits per heavy atom. The van der Waals surface area contributed by atoms with Gasteiger partial charge in [-0.25, -0.2) is 14.8 Å². The molecule has 0 saturated carbocycles. The zero-order valence-corrected chi connectivity index (χ0v) is 19.4. The van der Waals surface area contributed by atoms with Crippen molar-refractivity contribution in [3.05, 3.63) is 57.6 Å². The molecule has 0 aliphatic carbocycles. The first kappa shape index (κ1) is 25.4. The number of rotatable bonds is 8. The van der Waals surface area contributed by atoms with Crippen molar-refractivity contribution in [2.24, 2.45) is 5.41 Å². The summed E-state index contributed by atoms with van der Waals surface area (Å²) in [5.74, 6) is -0.275. The third-order valence-electron chi connectivity index (χ3n) is 5.27. The molecule has 180 valence electrons. The number of carbonyl (C=O) groups is 1. The number of hydrogen-bond donors (Lipinski definition) is 1. The molecule has 11 heteroatoms. The predicted octanol–water partition coefficient (Wildman–Crippen LogP) is 5.04. The van der Waals surface area contributed by atoms with E-state index in [1.165, 1.54) is 12.3 Å². The Labute approximate surface area is 198 Å². The summed E-state index contributed by atoms with van der Waals surface area (Å²) in [6.07, 6.45) is -3.41. The Kier molecular flexibility index (Phi) is 7.40. The smallest absolute Gasteiger partial charge is 0.400 e. The lowest BCUT2D eigenvalue weighted by atomic mass is 9.84. The van der Waals surface area contributed by atoms with Crippen LogP contribution in [0.2, 0.25) is 5.02 Å². The summed E-state index contributed by atoms with van der Waals surface area (Å²) in [5.41, 5.74) is -1.72. The van der Waals surface area contributed by atoms with Crippen LogP contribution in [0, 0.1) is 5.41 Å². The fourth-order valence-corrected chi connectivity index (χ4v) is 3.23. The highest BCUT2D eigenvalue weighted by Crippen LogP contribution is 2.39. The summed E-state index contributed by atoms with van der Waals surface area (Å²) in [7, 11) is 0. The topological polar surface area (TPSA) is 97.8 Å². The van der Waals surface area contributed by atoms with E-state index in [0.29, 0.717) is 29.2 Å². The van der Waals surface area contributed by atoms with E-state index in [-0.39, 0.29) is 29.5 Å². The lowest BCUT2D eigenvalue weighted by Gasteiger charge is -2.26. The fraction of sp³-hybridized carbons (Fsp3) is 0.348. The summed E-state index contributed by atoms with van der Waals surface area (Å²) in [4.78, 5) is 39.3. The predicted molar refractivity (Wildman–Crippen MR) is 121 cm³/mol. The third-order valence-corrected chi connectivity index (χ3v) is 5.60. The molecule has 0 fully saturated rings. The number of aryl methyl sites for hydroxylation is 1. The normalized spacial score (nSPS) is 12.0. The van der Waals surface area contributed by atoms with Gasteiger partial charge in [0.15, 0.2) is 5.82 Å². The first-order valence-corrected chi connectivity index (χ1v) is 10.8. The fourth-order valence-electron chi connectivity index (χ4n) is 3.02. The molecule has 0 spiro atoms. The van der Waals surface area contributed by atoms with Gasteiger partial charge in [-0.15, -0.1) is 0 Å². The molecule has 3 rings (SSSR count). The maximum absolute atomic E-state index is 13.1. The molecular weight excluding hydrogens is 473 g/mol. The van der Waals surface area contributed by atoms with Gasteiger partial charge in [0.25, 0.3) is 0 Å². The van der Waals surface area contributed by atoms with Crippen LogP contribution in [0.1, 0.15) is 32.8 Å². The van der Waals surface area contributed by atoms with Crippen molar-refractivity contribution in [1.29, 1.82) is 0 Å². The van der Waals surface area contributed by atoms with Crippen LogP contribution < -0.4 is 10.4 Å². The minimum Gasteiger partial charge on any atom is -0.478 e. The van der Waals surface area contributed by atoms with Crippen molar-refractivity contribution < 1.29 is 22.7 Å². The van der Waals surface area contributed by atoms with Gasteiger partial charge in [0.05, 0.1) is 11.6 Å². The van der Waals surface area contributed by atoms with Crippen LogP contribution in [-0.2, 0) is 11.2 Å². The first-order valence-electron chi connectivity index (χ1n) is 10.4. The van der Waals surface area contributed by atoms with Crippen molar-refractivity contribution in [3.8, 4) is 28.7 Å². The van der Waals surface area contributed by atoms with Crippen molar-refractivity contribution in [2.45, 2.75) is 39.8 Å². The molecule has 2 aromatic heterocycles. The lowest BCUT2D eigenvalue weighted by Crippen LogP contribution is -2.39. The van der Waals surface area contributed by atoms with Crippen LogP contribution in [-0.4, -0.2) is 38.5 Å². The summed E-state index contributed by atoms with van der Waals surface area (Å²) in [6.45, 7) is 4.01. The number of hydrogen-bond acceptors (Lipinski definition) is 6. The van der Waals surface area contributed by atoms with E-state index in [4.69, 9.17) is 16.3 Å². The number of benzene rings is 1. The second kappa shape index (κ2) is 9.92. The Morgan fingerprint density at radius 3 is 2.50 bits per heavy atom. The average Bonchev–Trinajstić information content (AvgIpc) is 2.77. The molecule has 1 aromatic carbocycles. The van der Waals surface area contributed by atoms with Gasteiger partial charge in [0.1, 0.15) is 17.0 Å². The molecule has 0 radical (unpaired) electrons. The highest BCUT2D eigenvalue weighted by molar-refractivity contribution is 6.33. The first-order chi connectivity index (χ1) is 15.9. The van der Waals surface area contributed by atoms with Crippen LogP contribution in [0.4, 0.5) is 13.2 Å². The Bertz CT molecular complexity index is 1240. The number of alkyl halides is 3. The Morgan fingerprint density at radius 1 is 1.15 bits per heavy atom. The summed E-state index contributed by atoms with van der Waals surface area (Å²) < 4.78 is 44.7. The number of pyridine rings is 1. The minimum atomic E-state index is -4.64. The molecule has 0 aliphatic rings. The van der Waals surface area contributed by atoms with Crippen molar-refractivity contribution in [3.63, 3.8) is 0 Å². The van der Waals surface area contributed by atoms with E-state index in [2.05, 4.69) is 19.9 Å². The largest absolute Gasteiger partial charge is 0.478 e. The van der Waals surface area contributed by atoms with Crippen molar-refractivity contribution in [2.75, 3.05) is 6.61 Å². The maximum Gasteiger partial charge on any atom is 0.400 e. The number of Topliss-reactive ketones (excluding diaryl/α,β-unsaturated/α-hetero) is 1. The zero-order chi connectivity index (χ0) is 25.1. The molecule has 7 nitrogen and oxygen atoms in total. The van der Waals surface area contributed by atoms with E-state index in [0.717, 1.165) is 13.8 Å². The lowest BCUT2D eigenvalue weighted by molar-refractivity contribution is -0.210. The molecule has 2 heterocycles. The highest BCUT2D eigenvalue weighted by Gasteiger charge is 2.51. The number of nitrogens with zero attached hydrogens (tertiary/aromatic N) is 3. The Hall–Kier alpha value is -3.27.